The number of rotatable bonds is 5. The van der Waals surface area contributed by atoms with Gasteiger partial charge in [-0.1, -0.05) is 5.16 Å². The van der Waals surface area contributed by atoms with Gasteiger partial charge < -0.3 is 15.6 Å². The molecule has 1 amide bonds. The minimum absolute atomic E-state index is 0.120. The van der Waals surface area contributed by atoms with Crippen LogP contribution >= 0.6 is 0 Å². The monoisotopic (exact) mass is 251 g/mol. The maximum absolute atomic E-state index is 12.5. The number of anilines is 1. The van der Waals surface area contributed by atoms with E-state index in [0.29, 0.717) is 0 Å². The van der Waals surface area contributed by atoms with Crippen molar-refractivity contribution in [2.75, 3.05) is 11.9 Å². The van der Waals surface area contributed by atoms with Gasteiger partial charge in [0.1, 0.15) is 12.0 Å². The second-order valence-corrected chi connectivity index (χ2v) is 3.48. The SMILES string of the molecule is NCCC(CC(=O)Nc1cnoc1)C(F)(F)F. The fourth-order valence-electron chi connectivity index (χ4n) is 1.29. The summed E-state index contributed by atoms with van der Waals surface area (Å²) in [5, 5.41) is 5.55. The summed E-state index contributed by atoms with van der Waals surface area (Å²) in [6.07, 6.45) is -3.04. The largest absolute Gasteiger partial charge is 0.392 e. The lowest BCUT2D eigenvalue weighted by atomic mass is 10.0. The van der Waals surface area contributed by atoms with Crippen molar-refractivity contribution in [1.29, 1.82) is 0 Å². The summed E-state index contributed by atoms with van der Waals surface area (Å²) in [7, 11) is 0. The van der Waals surface area contributed by atoms with Gasteiger partial charge in [0.05, 0.1) is 12.1 Å². The van der Waals surface area contributed by atoms with E-state index in [4.69, 9.17) is 5.73 Å². The Morgan fingerprint density at radius 3 is 2.76 bits per heavy atom. The van der Waals surface area contributed by atoms with E-state index in [1.807, 2.05) is 0 Å². The Morgan fingerprint density at radius 1 is 1.59 bits per heavy atom. The number of hydrogen-bond acceptors (Lipinski definition) is 4. The fourth-order valence-corrected chi connectivity index (χ4v) is 1.29. The van der Waals surface area contributed by atoms with Crippen molar-refractivity contribution in [3.8, 4) is 0 Å². The fraction of sp³-hybridized carbons (Fsp3) is 0.556. The van der Waals surface area contributed by atoms with Crippen LogP contribution in [0.4, 0.5) is 18.9 Å². The second-order valence-electron chi connectivity index (χ2n) is 3.48. The molecule has 3 N–H and O–H groups in total. The number of halogens is 3. The minimum atomic E-state index is -4.43. The van der Waals surface area contributed by atoms with Gasteiger partial charge in [-0.15, -0.1) is 0 Å². The van der Waals surface area contributed by atoms with Crippen LogP contribution in [-0.2, 0) is 4.79 Å². The van der Waals surface area contributed by atoms with Gasteiger partial charge in [-0.3, -0.25) is 4.79 Å². The highest BCUT2D eigenvalue weighted by atomic mass is 19.4. The zero-order chi connectivity index (χ0) is 12.9. The van der Waals surface area contributed by atoms with Crippen LogP contribution in [-0.4, -0.2) is 23.8 Å². The van der Waals surface area contributed by atoms with E-state index < -0.39 is 24.4 Å². The number of hydrogen-bond donors (Lipinski definition) is 2. The first-order chi connectivity index (χ1) is 7.93. The molecule has 17 heavy (non-hydrogen) atoms. The van der Waals surface area contributed by atoms with E-state index in [2.05, 4.69) is 15.0 Å². The van der Waals surface area contributed by atoms with Crippen molar-refractivity contribution in [1.82, 2.24) is 5.16 Å². The molecule has 1 aromatic rings. The molecular weight excluding hydrogens is 239 g/mol. The van der Waals surface area contributed by atoms with Crippen LogP contribution in [0.5, 0.6) is 0 Å². The molecule has 0 aliphatic carbocycles. The van der Waals surface area contributed by atoms with E-state index in [0.717, 1.165) is 6.26 Å². The lowest BCUT2D eigenvalue weighted by molar-refractivity contribution is -0.179. The first-order valence-corrected chi connectivity index (χ1v) is 4.89. The highest BCUT2D eigenvalue weighted by Crippen LogP contribution is 2.31. The van der Waals surface area contributed by atoms with Crippen molar-refractivity contribution >= 4 is 11.6 Å². The number of carbonyl (C=O) groups excluding carboxylic acids is 1. The first kappa shape index (κ1) is 13.5. The van der Waals surface area contributed by atoms with Crippen LogP contribution < -0.4 is 11.1 Å². The summed E-state index contributed by atoms with van der Waals surface area (Å²) in [5.41, 5.74) is 5.31. The van der Waals surface area contributed by atoms with Crippen molar-refractivity contribution in [3.05, 3.63) is 12.5 Å². The molecule has 0 aromatic carbocycles. The van der Waals surface area contributed by atoms with Gasteiger partial charge in [0.25, 0.3) is 0 Å². The summed E-state index contributed by atoms with van der Waals surface area (Å²) >= 11 is 0. The molecular formula is C9H12F3N3O2. The van der Waals surface area contributed by atoms with Gasteiger partial charge in [0.2, 0.25) is 5.91 Å². The van der Waals surface area contributed by atoms with Crippen molar-refractivity contribution in [2.45, 2.75) is 19.0 Å². The third-order valence-electron chi connectivity index (χ3n) is 2.13. The Kier molecular flexibility index (Phi) is 4.50. The number of carbonyl (C=O) groups is 1. The number of nitrogens with one attached hydrogen (secondary N) is 1. The Bertz CT molecular complexity index is 351. The van der Waals surface area contributed by atoms with E-state index >= 15 is 0 Å². The molecule has 0 radical (unpaired) electrons. The first-order valence-electron chi connectivity index (χ1n) is 4.89. The molecule has 1 aromatic heterocycles. The summed E-state index contributed by atoms with van der Waals surface area (Å²) < 4.78 is 41.9. The van der Waals surface area contributed by atoms with Crippen molar-refractivity contribution in [2.24, 2.45) is 11.7 Å². The van der Waals surface area contributed by atoms with Gasteiger partial charge in [0, 0.05) is 6.42 Å². The summed E-state index contributed by atoms with van der Waals surface area (Å²) in [4.78, 5) is 11.3. The highest BCUT2D eigenvalue weighted by molar-refractivity contribution is 5.90. The molecule has 5 nitrogen and oxygen atoms in total. The van der Waals surface area contributed by atoms with Crippen LogP contribution in [0, 0.1) is 5.92 Å². The third-order valence-corrected chi connectivity index (χ3v) is 2.13. The molecule has 0 fully saturated rings. The summed E-state index contributed by atoms with van der Waals surface area (Å²) in [6.45, 7) is -0.120. The standard InChI is InChI=1S/C9H12F3N3O2/c10-9(11,12)6(1-2-13)3-8(16)15-7-4-14-17-5-7/h4-6H,1-3,13H2,(H,15,16). The molecule has 96 valence electrons. The molecule has 1 atom stereocenters. The third kappa shape index (κ3) is 4.43. The molecule has 0 aliphatic rings. The lowest BCUT2D eigenvalue weighted by Crippen LogP contribution is -2.29. The zero-order valence-electron chi connectivity index (χ0n) is 8.83. The molecule has 1 unspecified atom stereocenters. The van der Waals surface area contributed by atoms with Crippen molar-refractivity contribution < 1.29 is 22.5 Å². The number of alkyl halides is 3. The van der Waals surface area contributed by atoms with Crippen LogP contribution in [0.25, 0.3) is 0 Å². The average Bonchev–Trinajstić information content (AvgIpc) is 2.68. The van der Waals surface area contributed by atoms with Crippen LogP contribution in [0.1, 0.15) is 12.8 Å². The molecule has 0 aliphatic heterocycles. The maximum Gasteiger partial charge on any atom is 0.392 e. The zero-order valence-corrected chi connectivity index (χ0v) is 8.83. The predicted octanol–water partition coefficient (Wildman–Crippen LogP) is 1.53. The predicted molar refractivity (Wildman–Crippen MR) is 53.0 cm³/mol. The lowest BCUT2D eigenvalue weighted by Gasteiger charge is -2.18. The minimum Gasteiger partial charge on any atom is -0.363 e. The smallest absolute Gasteiger partial charge is 0.363 e. The Morgan fingerprint density at radius 2 is 2.29 bits per heavy atom. The molecule has 1 heterocycles. The average molecular weight is 251 g/mol. The van der Waals surface area contributed by atoms with Crippen molar-refractivity contribution in [3.63, 3.8) is 0 Å². The van der Waals surface area contributed by atoms with Gasteiger partial charge in [-0.25, -0.2) is 0 Å². The molecule has 8 heteroatoms. The Labute approximate surface area is 95.1 Å². The van der Waals surface area contributed by atoms with Crippen LogP contribution in [0.2, 0.25) is 0 Å². The normalized spacial score (nSPS) is 13.4. The van der Waals surface area contributed by atoms with Gasteiger partial charge in [0.15, 0.2) is 0 Å². The van der Waals surface area contributed by atoms with E-state index in [1.54, 1.807) is 0 Å². The molecule has 0 saturated carbocycles. The van der Waals surface area contributed by atoms with Crippen LogP contribution in [0.3, 0.4) is 0 Å². The maximum atomic E-state index is 12.5. The van der Waals surface area contributed by atoms with Gasteiger partial charge in [-0.2, -0.15) is 13.2 Å². The molecule has 0 spiro atoms. The van der Waals surface area contributed by atoms with Gasteiger partial charge >= 0.3 is 6.18 Å². The number of nitrogens with two attached hydrogens (primary N) is 1. The second kappa shape index (κ2) is 5.67. The quantitative estimate of drug-likeness (QED) is 0.831. The molecule has 0 bridgehead atoms. The Hall–Kier alpha value is -1.57. The van der Waals surface area contributed by atoms with Crippen LogP contribution in [0.15, 0.2) is 17.0 Å². The molecule has 1 rings (SSSR count). The number of amides is 1. The topological polar surface area (TPSA) is 81.2 Å². The Balaban J connectivity index is 2.52. The molecule has 0 saturated heterocycles. The van der Waals surface area contributed by atoms with Gasteiger partial charge in [-0.05, 0) is 13.0 Å². The summed E-state index contributed by atoms with van der Waals surface area (Å²) in [6, 6.07) is 0. The number of aromatic nitrogens is 1. The van der Waals surface area contributed by atoms with E-state index in [9.17, 15) is 18.0 Å². The van der Waals surface area contributed by atoms with E-state index in [1.165, 1.54) is 6.20 Å². The summed E-state index contributed by atoms with van der Waals surface area (Å²) in [5.74, 6) is -2.48. The highest BCUT2D eigenvalue weighted by Gasteiger charge is 2.40. The number of nitrogens with zero attached hydrogens (tertiary/aromatic N) is 1. The van der Waals surface area contributed by atoms with E-state index in [-0.39, 0.29) is 18.7 Å².